The second-order valence-corrected chi connectivity index (χ2v) is 3.51. The normalized spacial score (nSPS) is 12.0. The van der Waals surface area contributed by atoms with Crippen LogP contribution in [0.1, 0.15) is 6.92 Å². The number of likely N-dealkylation sites (N-methyl/N-ethyl adjacent to an activating group) is 1. The van der Waals surface area contributed by atoms with E-state index in [1.54, 1.807) is 0 Å². The third kappa shape index (κ3) is 2.77. The van der Waals surface area contributed by atoms with Gasteiger partial charge in [-0.25, -0.2) is 8.78 Å². The standard InChI is InChI=1S/C10H11F2N3O3/c1-5(13-2)10(16)14-9-7(15(17)18)4-3-6(11)8(9)12/h3-5,13H,1-2H3,(H,14,16). The summed E-state index contributed by atoms with van der Waals surface area (Å²) < 4.78 is 26.4. The predicted octanol–water partition coefficient (Wildman–Crippen LogP) is 1.42. The van der Waals surface area contributed by atoms with E-state index >= 15 is 0 Å². The molecule has 1 rings (SSSR count). The number of halogens is 2. The summed E-state index contributed by atoms with van der Waals surface area (Å²) in [6.45, 7) is 1.47. The van der Waals surface area contributed by atoms with Gasteiger partial charge in [0, 0.05) is 6.07 Å². The van der Waals surface area contributed by atoms with Gasteiger partial charge in [-0.3, -0.25) is 14.9 Å². The van der Waals surface area contributed by atoms with E-state index in [0.717, 1.165) is 6.07 Å². The van der Waals surface area contributed by atoms with Gasteiger partial charge in [-0.2, -0.15) is 0 Å². The zero-order valence-electron chi connectivity index (χ0n) is 9.66. The number of anilines is 1. The molecule has 0 saturated heterocycles. The lowest BCUT2D eigenvalue weighted by Gasteiger charge is -2.11. The first-order valence-electron chi connectivity index (χ1n) is 4.99. The van der Waals surface area contributed by atoms with Crippen LogP contribution in [-0.4, -0.2) is 23.9 Å². The Morgan fingerprint density at radius 2 is 2.06 bits per heavy atom. The van der Waals surface area contributed by atoms with E-state index in [1.165, 1.54) is 14.0 Å². The van der Waals surface area contributed by atoms with Gasteiger partial charge in [-0.15, -0.1) is 0 Å². The Morgan fingerprint density at radius 1 is 1.44 bits per heavy atom. The summed E-state index contributed by atoms with van der Waals surface area (Å²) in [6, 6.07) is 0.718. The summed E-state index contributed by atoms with van der Waals surface area (Å²) in [5.41, 5.74) is -1.47. The van der Waals surface area contributed by atoms with Crippen LogP contribution in [0.15, 0.2) is 12.1 Å². The van der Waals surface area contributed by atoms with Crippen molar-refractivity contribution in [1.82, 2.24) is 5.32 Å². The minimum absolute atomic E-state index is 0.630. The zero-order chi connectivity index (χ0) is 13.9. The predicted molar refractivity (Wildman–Crippen MR) is 60.2 cm³/mol. The number of nitro benzene ring substituents is 1. The SMILES string of the molecule is CNC(C)C(=O)Nc1c([N+](=O)[O-])ccc(F)c1F. The van der Waals surface area contributed by atoms with Gasteiger partial charge < -0.3 is 10.6 Å². The average Bonchev–Trinajstić information content (AvgIpc) is 2.33. The molecule has 18 heavy (non-hydrogen) atoms. The van der Waals surface area contributed by atoms with Crippen molar-refractivity contribution in [3.8, 4) is 0 Å². The Morgan fingerprint density at radius 3 is 2.56 bits per heavy atom. The molecule has 0 radical (unpaired) electrons. The molecule has 1 aromatic rings. The minimum Gasteiger partial charge on any atom is -0.316 e. The number of hydrogen-bond donors (Lipinski definition) is 2. The fourth-order valence-electron chi connectivity index (χ4n) is 1.17. The lowest BCUT2D eigenvalue weighted by molar-refractivity contribution is -0.384. The lowest BCUT2D eigenvalue weighted by atomic mass is 10.2. The van der Waals surface area contributed by atoms with Crippen LogP contribution >= 0.6 is 0 Å². The first-order chi connectivity index (χ1) is 8.38. The van der Waals surface area contributed by atoms with E-state index in [9.17, 15) is 23.7 Å². The Labute approximate surface area is 101 Å². The van der Waals surface area contributed by atoms with Crippen LogP contribution in [0.5, 0.6) is 0 Å². The molecule has 0 aliphatic rings. The number of carbonyl (C=O) groups excluding carboxylic acids is 1. The van der Waals surface area contributed by atoms with E-state index in [4.69, 9.17) is 0 Å². The molecular formula is C10H11F2N3O3. The summed E-state index contributed by atoms with van der Waals surface area (Å²) in [5, 5.41) is 15.2. The van der Waals surface area contributed by atoms with Gasteiger partial charge in [-0.05, 0) is 20.0 Å². The number of nitro groups is 1. The van der Waals surface area contributed by atoms with Crippen molar-refractivity contribution >= 4 is 17.3 Å². The van der Waals surface area contributed by atoms with Crippen LogP contribution in [0.3, 0.4) is 0 Å². The van der Waals surface area contributed by atoms with Gasteiger partial charge in [0.1, 0.15) is 0 Å². The molecule has 1 unspecified atom stereocenters. The lowest BCUT2D eigenvalue weighted by Crippen LogP contribution is -2.36. The maximum absolute atomic E-state index is 13.4. The highest BCUT2D eigenvalue weighted by molar-refractivity contribution is 5.96. The van der Waals surface area contributed by atoms with E-state index < -0.39 is 39.9 Å². The number of hydrogen-bond acceptors (Lipinski definition) is 4. The smallest absolute Gasteiger partial charge is 0.296 e. The Kier molecular flexibility index (Phi) is 4.27. The quantitative estimate of drug-likeness (QED) is 0.632. The topological polar surface area (TPSA) is 84.3 Å². The first kappa shape index (κ1) is 14.0. The molecule has 0 bridgehead atoms. The van der Waals surface area contributed by atoms with Crippen molar-refractivity contribution in [3.63, 3.8) is 0 Å². The van der Waals surface area contributed by atoms with E-state index in [2.05, 4.69) is 5.32 Å². The van der Waals surface area contributed by atoms with Gasteiger partial charge in [0.05, 0.1) is 11.0 Å². The highest BCUT2D eigenvalue weighted by Gasteiger charge is 2.24. The highest BCUT2D eigenvalue weighted by Crippen LogP contribution is 2.29. The largest absolute Gasteiger partial charge is 0.316 e. The number of carbonyl (C=O) groups is 1. The van der Waals surface area contributed by atoms with Crippen LogP contribution in [0.2, 0.25) is 0 Å². The molecule has 98 valence electrons. The summed E-state index contributed by atoms with van der Waals surface area (Å²) in [5.74, 6) is -3.43. The van der Waals surface area contributed by atoms with Crippen LogP contribution in [0.4, 0.5) is 20.2 Å². The van der Waals surface area contributed by atoms with Crippen molar-refractivity contribution in [2.24, 2.45) is 0 Å². The molecule has 1 aromatic carbocycles. The second kappa shape index (κ2) is 5.50. The molecule has 0 aliphatic carbocycles. The third-order valence-corrected chi connectivity index (χ3v) is 2.34. The number of nitrogens with zero attached hydrogens (tertiary/aromatic N) is 1. The number of benzene rings is 1. The van der Waals surface area contributed by atoms with Crippen LogP contribution in [-0.2, 0) is 4.79 Å². The van der Waals surface area contributed by atoms with Crippen LogP contribution in [0, 0.1) is 21.7 Å². The molecule has 0 aromatic heterocycles. The molecule has 1 amide bonds. The average molecular weight is 259 g/mol. The summed E-state index contributed by atoms with van der Waals surface area (Å²) in [4.78, 5) is 21.3. The van der Waals surface area contributed by atoms with Crippen LogP contribution < -0.4 is 10.6 Å². The fraction of sp³-hybridized carbons (Fsp3) is 0.300. The van der Waals surface area contributed by atoms with Gasteiger partial charge in [0.15, 0.2) is 17.3 Å². The second-order valence-electron chi connectivity index (χ2n) is 3.51. The van der Waals surface area contributed by atoms with Crippen LogP contribution in [0.25, 0.3) is 0 Å². The third-order valence-electron chi connectivity index (χ3n) is 2.34. The number of nitrogens with one attached hydrogen (secondary N) is 2. The minimum atomic E-state index is -1.46. The molecule has 0 spiro atoms. The summed E-state index contributed by atoms with van der Waals surface area (Å²) >= 11 is 0. The molecule has 1 atom stereocenters. The first-order valence-corrected chi connectivity index (χ1v) is 4.99. The molecule has 0 heterocycles. The van der Waals surface area contributed by atoms with Crippen molar-refractivity contribution in [1.29, 1.82) is 0 Å². The Bertz CT molecular complexity index is 494. The van der Waals surface area contributed by atoms with Gasteiger partial charge in [0.2, 0.25) is 5.91 Å². The van der Waals surface area contributed by atoms with Crippen molar-refractivity contribution in [2.45, 2.75) is 13.0 Å². The molecule has 6 nitrogen and oxygen atoms in total. The fourth-order valence-corrected chi connectivity index (χ4v) is 1.17. The molecule has 2 N–H and O–H groups in total. The molecule has 0 aliphatic heterocycles. The van der Waals surface area contributed by atoms with E-state index in [1.807, 2.05) is 5.32 Å². The molecule has 0 saturated carbocycles. The highest BCUT2D eigenvalue weighted by atomic mass is 19.2. The monoisotopic (exact) mass is 259 g/mol. The maximum Gasteiger partial charge on any atom is 0.296 e. The molecule has 0 fully saturated rings. The zero-order valence-corrected chi connectivity index (χ0v) is 9.66. The Balaban J connectivity index is 3.17. The van der Waals surface area contributed by atoms with E-state index in [-0.39, 0.29) is 0 Å². The van der Waals surface area contributed by atoms with Crippen molar-refractivity contribution < 1.29 is 18.5 Å². The van der Waals surface area contributed by atoms with Crippen molar-refractivity contribution in [2.75, 3.05) is 12.4 Å². The van der Waals surface area contributed by atoms with Crippen molar-refractivity contribution in [3.05, 3.63) is 33.9 Å². The number of amides is 1. The maximum atomic E-state index is 13.4. The number of rotatable bonds is 4. The van der Waals surface area contributed by atoms with Gasteiger partial charge in [-0.1, -0.05) is 0 Å². The summed E-state index contributed by atoms with van der Waals surface area (Å²) in [6.07, 6.45) is 0. The van der Waals surface area contributed by atoms with Gasteiger partial charge in [0.25, 0.3) is 5.69 Å². The van der Waals surface area contributed by atoms with E-state index in [0.29, 0.717) is 6.07 Å². The Hall–Kier alpha value is -2.09. The van der Waals surface area contributed by atoms with Gasteiger partial charge >= 0.3 is 0 Å². The molecular weight excluding hydrogens is 248 g/mol. The molecule has 8 heteroatoms. The summed E-state index contributed by atoms with van der Waals surface area (Å²) in [7, 11) is 1.49.